The number of aliphatic hydroxyl groups is 2. The lowest BCUT2D eigenvalue weighted by Crippen LogP contribution is -2.47. The minimum absolute atomic E-state index is 0.252. The van der Waals surface area contributed by atoms with Crippen LogP contribution in [0.15, 0.2) is 0 Å². The molecule has 2 aliphatic heterocycles. The van der Waals surface area contributed by atoms with Gasteiger partial charge in [0.05, 0.1) is 13.2 Å². The third-order valence-electron chi connectivity index (χ3n) is 3.17. The van der Waals surface area contributed by atoms with Gasteiger partial charge < -0.3 is 29.2 Å². The zero-order valence-electron chi connectivity index (χ0n) is 11.3. The van der Waals surface area contributed by atoms with Gasteiger partial charge in [0.15, 0.2) is 11.6 Å². The second-order valence-corrected chi connectivity index (χ2v) is 5.72. The Bertz CT molecular complexity index is 273. The molecule has 0 aliphatic carbocycles. The monoisotopic (exact) mass is 262 g/mol. The Balaban J connectivity index is 1.92. The highest BCUT2D eigenvalue weighted by molar-refractivity contribution is 4.88. The molecule has 6 nitrogen and oxygen atoms in total. The van der Waals surface area contributed by atoms with Crippen molar-refractivity contribution in [1.29, 1.82) is 0 Å². The maximum absolute atomic E-state index is 10.1. The standard InChI is InChI=1S/C12H22O6/c1-11(2)15-5-7(17-11)9(13)10(14)8-6-16-12(3,4)18-8/h7-10,13-14H,5-6H2,1-4H3/t7-,8-,9+,10+/m1/s1. The average molecular weight is 262 g/mol. The lowest BCUT2D eigenvalue weighted by Gasteiger charge is -2.27. The fraction of sp³-hybridized carbons (Fsp3) is 1.00. The van der Waals surface area contributed by atoms with Crippen molar-refractivity contribution in [2.24, 2.45) is 0 Å². The van der Waals surface area contributed by atoms with Gasteiger partial charge in [-0.1, -0.05) is 0 Å². The third-order valence-corrected chi connectivity index (χ3v) is 3.17. The number of hydrogen-bond acceptors (Lipinski definition) is 6. The molecule has 2 heterocycles. The Kier molecular flexibility index (Phi) is 3.70. The summed E-state index contributed by atoms with van der Waals surface area (Å²) >= 11 is 0. The van der Waals surface area contributed by atoms with Gasteiger partial charge in [-0.05, 0) is 27.7 Å². The van der Waals surface area contributed by atoms with Gasteiger partial charge >= 0.3 is 0 Å². The smallest absolute Gasteiger partial charge is 0.163 e. The van der Waals surface area contributed by atoms with E-state index in [1.165, 1.54) is 0 Å². The fourth-order valence-corrected chi connectivity index (χ4v) is 2.21. The highest BCUT2D eigenvalue weighted by Gasteiger charge is 2.45. The summed E-state index contributed by atoms with van der Waals surface area (Å²) in [5, 5.41) is 20.2. The van der Waals surface area contributed by atoms with E-state index in [0.29, 0.717) is 0 Å². The molecule has 106 valence electrons. The van der Waals surface area contributed by atoms with Crippen LogP contribution in [-0.4, -0.2) is 59.4 Å². The van der Waals surface area contributed by atoms with Crippen molar-refractivity contribution in [2.75, 3.05) is 13.2 Å². The van der Waals surface area contributed by atoms with Crippen molar-refractivity contribution in [1.82, 2.24) is 0 Å². The first-order valence-corrected chi connectivity index (χ1v) is 6.20. The molecule has 2 saturated heterocycles. The van der Waals surface area contributed by atoms with E-state index >= 15 is 0 Å². The number of rotatable bonds is 3. The highest BCUT2D eigenvalue weighted by Crippen LogP contribution is 2.29. The Morgan fingerprint density at radius 2 is 1.17 bits per heavy atom. The van der Waals surface area contributed by atoms with E-state index in [4.69, 9.17) is 18.9 Å². The molecule has 0 spiro atoms. The molecule has 0 radical (unpaired) electrons. The van der Waals surface area contributed by atoms with E-state index in [9.17, 15) is 10.2 Å². The Morgan fingerprint density at radius 1 is 0.833 bits per heavy atom. The molecule has 4 atom stereocenters. The molecule has 0 aromatic heterocycles. The van der Waals surface area contributed by atoms with Crippen molar-refractivity contribution in [2.45, 2.75) is 63.7 Å². The fourth-order valence-electron chi connectivity index (χ4n) is 2.21. The topological polar surface area (TPSA) is 77.4 Å². The summed E-state index contributed by atoms with van der Waals surface area (Å²) in [4.78, 5) is 0. The van der Waals surface area contributed by atoms with Crippen LogP contribution in [0.4, 0.5) is 0 Å². The van der Waals surface area contributed by atoms with Crippen LogP contribution in [0.5, 0.6) is 0 Å². The molecule has 6 heteroatoms. The van der Waals surface area contributed by atoms with E-state index in [1.807, 2.05) is 0 Å². The molecule has 0 bridgehead atoms. The zero-order chi connectivity index (χ0) is 13.6. The zero-order valence-corrected chi connectivity index (χ0v) is 11.3. The maximum Gasteiger partial charge on any atom is 0.163 e. The summed E-state index contributed by atoms with van der Waals surface area (Å²) in [5.41, 5.74) is 0. The Labute approximate surface area is 107 Å². The van der Waals surface area contributed by atoms with E-state index in [-0.39, 0.29) is 13.2 Å². The van der Waals surface area contributed by atoms with Crippen molar-refractivity contribution in [3.05, 3.63) is 0 Å². The lowest BCUT2D eigenvalue weighted by molar-refractivity contribution is -0.183. The van der Waals surface area contributed by atoms with Crippen LogP contribution in [0.3, 0.4) is 0 Å². The van der Waals surface area contributed by atoms with Gasteiger partial charge in [-0.3, -0.25) is 0 Å². The van der Waals surface area contributed by atoms with E-state index in [0.717, 1.165) is 0 Å². The molecule has 0 aromatic carbocycles. The Morgan fingerprint density at radius 3 is 1.39 bits per heavy atom. The van der Waals surface area contributed by atoms with Crippen LogP contribution >= 0.6 is 0 Å². The normalized spacial score (nSPS) is 37.7. The summed E-state index contributed by atoms with van der Waals surface area (Å²) in [6.45, 7) is 7.58. The molecule has 0 saturated carbocycles. The summed E-state index contributed by atoms with van der Waals surface area (Å²) in [6.07, 6.45) is -3.23. The number of hydrogen-bond donors (Lipinski definition) is 2. The van der Waals surface area contributed by atoms with Crippen molar-refractivity contribution >= 4 is 0 Å². The molecule has 0 unspecified atom stereocenters. The minimum Gasteiger partial charge on any atom is -0.387 e. The van der Waals surface area contributed by atoms with Gasteiger partial charge in [-0.15, -0.1) is 0 Å². The summed E-state index contributed by atoms with van der Waals surface area (Å²) in [5.74, 6) is -1.45. The molecule has 18 heavy (non-hydrogen) atoms. The summed E-state index contributed by atoms with van der Waals surface area (Å²) < 4.78 is 21.8. The van der Waals surface area contributed by atoms with E-state index in [1.54, 1.807) is 27.7 Å². The number of aliphatic hydroxyl groups excluding tert-OH is 2. The average Bonchev–Trinajstić information content (AvgIpc) is 2.79. The first-order chi connectivity index (χ1) is 8.20. The SMILES string of the molecule is CC1(C)OC[C@H]([C@H](O)[C@@H](O)[C@H]2COC(C)(C)O2)O1. The second-order valence-electron chi connectivity index (χ2n) is 5.72. The van der Waals surface area contributed by atoms with Crippen LogP contribution in [0.25, 0.3) is 0 Å². The molecule has 0 amide bonds. The number of ether oxygens (including phenoxy) is 4. The van der Waals surface area contributed by atoms with E-state index in [2.05, 4.69) is 0 Å². The van der Waals surface area contributed by atoms with Crippen molar-refractivity contribution in [3.8, 4) is 0 Å². The third kappa shape index (κ3) is 3.01. The first kappa shape index (κ1) is 14.2. The van der Waals surface area contributed by atoms with E-state index < -0.39 is 36.0 Å². The van der Waals surface area contributed by atoms with Gasteiger partial charge in [-0.25, -0.2) is 0 Å². The molecule has 2 rings (SSSR count). The lowest BCUT2D eigenvalue weighted by atomic mass is 10.0. The molecule has 0 aromatic rings. The molecular weight excluding hydrogens is 240 g/mol. The van der Waals surface area contributed by atoms with Gasteiger partial charge in [0.1, 0.15) is 24.4 Å². The quantitative estimate of drug-likeness (QED) is 0.746. The summed E-state index contributed by atoms with van der Waals surface area (Å²) in [6, 6.07) is 0. The van der Waals surface area contributed by atoms with Gasteiger partial charge in [0, 0.05) is 0 Å². The minimum atomic E-state index is -1.06. The predicted molar refractivity (Wildman–Crippen MR) is 61.8 cm³/mol. The second kappa shape index (κ2) is 4.70. The van der Waals surface area contributed by atoms with Crippen LogP contribution in [0.1, 0.15) is 27.7 Å². The largest absolute Gasteiger partial charge is 0.387 e. The Hall–Kier alpha value is -0.240. The predicted octanol–water partition coefficient (Wildman–Crippen LogP) is 0.0112. The molecular formula is C12H22O6. The van der Waals surface area contributed by atoms with Gasteiger partial charge in [0.25, 0.3) is 0 Å². The van der Waals surface area contributed by atoms with Crippen molar-refractivity contribution in [3.63, 3.8) is 0 Å². The highest BCUT2D eigenvalue weighted by atomic mass is 16.8. The van der Waals surface area contributed by atoms with Gasteiger partial charge in [-0.2, -0.15) is 0 Å². The van der Waals surface area contributed by atoms with Crippen LogP contribution < -0.4 is 0 Å². The molecule has 2 N–H and O–H groups in total. The summed E-state index contributed by atoms with van der Waals surface area (Å²) in [7, 11) is 0. The molecule has 2 aliphatic rings. The van der Waals surface area contributed by atoms with Crippen molar-refractivity contribution < 1.29 is 29.2 Å². The maximum atomic E-state index is 10.1. The van der Waals surface area contributed by atoms with Crippen LogP contribution in [0, 0.1) is 0 Å². The van der Waals surface area contributed by atoms with Crippen LogP contribution in [-0.2, 0) is 18.9 Å². The molecule has 2 fully saturated rings. The van der Waals surface area contributed by atoms with Gasteiger partial charge in [0.2, 0.25) is 0 Å². The first-order valence-electron chi connectivity index (χ1n) is 6.20. The van der Waals surface area contributed by atoms with Crippen LogP contribution in [0.2, 0.25) is 0 Å².